The first kappa shape index (κ1) is 13.5. The highest BCUT2D eigenvalue weighted by molar-refractivity contribution is 5.86. The van der Waals surface area contributed by atoms with Gasteiger partial charge in [0.1, 0.15) is 5.82 Å². The Morgan fingerprint density at radius 1 is 1.42 bits per heavy atom. The van der Waals surface area contributed by atoms with E-state index in [0.717, 1.165) is 31.6 Å². The lowest BCUT2D eigenvalue weighted by molar-refractivity contribution is 0.163. The number of methoxy groups -OCH3 is 1. The number of ether oxygens (including phenoxy) is 1. The van der Waals surface area contributed by atoms with Crippen LogP contribution in [0.5, 0.6) is 0 Å². The van der Waals surface area contributed by atoms with Crippen molar-refractivity contribution in [1.29, 1.82) is 0 Å². The van der Waals surface area contributed by atoms with Crippen molar-refractivity contribution in [2.24, 2.45) is 0 Å². The van der Waals surface area contributed by atoms with E-state index in [1.54, 1.807) is 13.3 Å². The molecule has 8 heteroatoms. The summed E-state index contributed by atoms with van der Waals surface area (Å²) in [6.07, 6.45) is 1.69. The van der Waals surface area contributed by atoms with E-state index in [4.69, 9.17) is 10.5 Å². The molecule has 0 saturated heterocycles. The topological polar surface area (TPSA) is 105 Å². The zero-order valence-corrected chi connectivity index (χ0v) is 11.2. The maximum Gasteiger partial charge on any atom is 0.224 e. The van der Waals surface area contributed by atoms with Gasteiger partial charge in [0.05, 0.1) is 18.2 Å². The van der Waals surface area contributed by atoms with Gasteiger partial charge in [0.15, 0.2) is 5.65 Å². The summed E-state index contributed by atoms with van der Waals surface area (Å²) >= 11 is 0. The Hall–Kier alpha value is -1.93. The van der Waals surface area contributed by atoms with Crippen molar-refractivity contribution in [2.45, 2.75) is 0 Å². The number of rotatable bonds is 7. The van der Waals surface area contributed by atoms with Crippen LogP contribution in [0.1, 0.15) is 0 Å². The van der Waals surface area contributed by atoms with Gasteiger partial charge in [0, 0.05) is 26.7 Å². The van der Waals surface area contributed by atoms with Crippen LogP contribution in [0.25, 0.3) is 11.0 Å². The van der Waals surface area contributed by atoms with Gasteiger partial charge >= 0.3 is 0 Å². The fraction of sp³-hybridized carbons (Fsp3) is 0.545. The number of hydrogen-bond acceptors (Lipinski definition) is 7. The largest absolute Gasteiger partial charge is 0.383 e. The maximum atomic E-state index is 5.64. The first-order valence-electron chi connectivity index (χ1n) is 6.08. The molecule has 0 unspecified atom stereocenters. The number of aromatic nitrogens is 4. The maximum absolute atomic E-state index is 5.64. The average molecular weight is 265 g/mol. The van der Waals surface area contributed by atoms with Crippen LogP contribution in [-0.2, 0) is 4.74 Å². The van der Waals surface area contributed by atoms with Crippen molar-refractivity contribution in [3.63, 3.8) is 0 Å². The lowest BCUT2D eigenvalue weighted by Gasteiger charge is -2.16. The second-order valence-electron chi connectivity index (χ2n) is 4.29. The molecule has 0 aliphatic heterocycles. The minimum atomic E-state index is 0.229. The van der Waals surface area contributed by atoms with Crippen molar-refractivity contribution in [1.82, 2.24) is 25.1 Å². The third kappa shape index (κ3) is 3.52. The lowest BCUT2D eigenvalue weighted by Crippen LogP contribution is -2.28. The molecular weight excluding hydrogens is 246 g/mol. The number of nitrogen functional groups attached to an aromatic ring is 1. The Balaban J connectivity index is 1.92. The number of hydrogen-bond donors (Lipinski definition) is 3. The molecule has 0 fully saturated rings. The van der Waals surface area contributed by atoms with Crippen LogP contribution in [0.3, 0.4) is 0 Å². The Morgan fingerprint density at radius 3 is 3.05 bits per heavy atom. The summed E-state index contributed by atoms with van der Waals surface area (Å²) in [6, 6.07) is 0. The number of nitrogens with one attached hydrogen (secondary N) is 2. The molecule has 2 aromatic heterocycles. The number of likely N-dealkylation sites (N-methyl/N-ethyl adjacent to an activating group) is 1. The van der Waals surface area contributed by atoms with Crippen molar-refractivity contribution in [3.8, 4) is 0 Å². The van der Waals surface area contributed by atoms with Gasteiger partial charge in [-0.25, -0.2) is 0 Å². The molecule has 0 aromatic carbocycles. The van der Waals surface area contributed by atoms with Gasteiger partial charge < -0.3 is 20.7 Å². The van der Waals surface area contributed by atoms with E-state index < -0.39 is 0 Å². The van der Waals surface area contributed by atoms with Crippen molar-refractivity contribution in [3.05, 3.63) is 6.20 Å². The van der Waals surface area contributed by atoms with Crippen LogP contribution in [0.15, 0.2) is 6.20 Å². The van der Waals surface area contributed by atoms with Gasteiger partial charge in [0.25, 0.3) is 0 Å². The van der Waals surface area contributed by atoms with Crippen LogP contribution in [-0.4, -0.2) is 65.5 Å². The highest BCUT2D eigenvalue weighted by atomic mass is 16.5. The molecule has 0 aliphatic carbocycles. The molecule has 4 N–H and O–H groups in total. The van der Waals surface area contributed by atoms with Crippen LogP contribution in [0.2, 0.25) is 0 Å². The van der Waals surface area contributed by atoms with Crippen LogP contribution in [0.4, 0.5) is 11.8 Å². The Bertz CT molecular complexity index is 527. The van der Waals surface area contributed by atoms with Crippen molar-refractivity contribution >= 4 is 22.8 Å². The van der Waals surface area contributed by atoms with Gasteiger partial charge in [-0.3, -0.25) is 5.10 Å². The summed E-state index contributed by atoms with van der Waals surface area (Å²) in [5.74, 6) is 0.934. The molecule has 2 heterocycles. The van der Waals surface area contributed by atoms with Gasteiger partial charge in [-0.2, -0.15) is 15.1 Å². The SMILES string of the molecule is COCCN(C)CCNc1nc(N)nc2[nH]ncc12. The molecule has 0 amide bonds. The normalized spacial score (nSPS) is 11.3. The minimum absolute atomic E-state index is 0.229. The molecule has 0 spiro atoms. The van der Waals surface area contributed by atoms with Crippen LogP contribution < -0.4 is 11.1 Å². The van der Waals surface area contributed by atoms with Crippen LogP contribution in [0, 0.1) is 0 Å². The lowest BCUT2D eigenvalue weighted by atomic mass is 10.4. The predicted molar refractivity (Wildman–Crippen MR) is 74.0 cm³/mol. The fourth-order valence-electron chi connectivity index (χ4n) is 1.71. The van der Waals surface area contributed by atoms with Gasteiger partial charge in [-0.05, 0) is 7.05 Å². The van der Waals surface area contributed by atoms with E-state index in [1.807, 2.05) is 7.05 Å². The second-order valence-corrected chi connectivity index (χ2v) is 4.29. The summed E-state index contributed by atoms with van der Waals surface area (Å²) in [5, 5.41) is 10.8. The Morgan fingerprint density at radius 2 is 2.26 bits per heavy atom. The minimum Gasteiger partial charge on any atom is -0.383 e. The molecule has 19 heavy (non-hydrogen) atoms. The quantitative estimate of drug-likeness (QED) is 0.643. The summed E-state index contributed by atoms with van der Waals surface area (Å²) < 4.78 is 5.03. The van der Waals surface area contributed by atoms with Crippen molar-refractivity contribution < 1.29 is 4.74 Å². The standard InChI is InChI=1S/C11H19N7O/c1-18(5-6-19-2)4-3-13-9-8-7-14-17-10(8)16-11(12)15-9/h7H,3-6H2,1-2H3,(H4,12,13,14,15,16,17). The van der Waals surface area contributed by atoms with Crippen molar-refractivity contribution in [2.75, 3.05) is 51.4 Å². The fourth-order valence-corrected chi connectivity index (χ4v) is 1.71. The van der Waals surface area contributed by atoms with E-state index in [0.29, 0.717) is 11.5 Å². The predicted octanol–water partition coefficient (Wildman–Crippen LogP) is -0.0748. The molecular formula is C11H19N7O. The number of H-pyrrole nitrogens is 1. The summed E-state index contributed by atoms with van der Waals surface area (Å²) in [7, 11) is 3.74. The first-order valence-corrected chi connectivity index (χ1v) is 6.08. The number of nitrogens with zero attached hydrogens (tertiary/aromatic N) is 4. The highest BCUT2D eigenvalue weighted by Gasteiger charge is 2.07. The van der Waals surface area contributed by atoms with E-state index in [2.05, 4.69) is 30.4 Å². The zero-order chi connectivity index (χ0) is 13.7. The number of nitrogens with two attached hydrogens (primary N) is 1. The summed E-state index contributed by atoms with van der Waals surface area (Å²) in [5.41, 5.74) is 6.29. The molecule has 0 radical (unpaired) electrons. The molecule has 0 saturated carbocycles. The highest BCUT2D eigenvalue weighted by Crippen LogP contribution is 2.18. The van der Waals surface area contributed by atoms with Crippen LogP contribution >= 0.6 is 0 Å². The molecule has 0 aliphatic rings. The molecule has 2 aromatic rings. The van der Waals surface area contributed by atoms with E-state index >= 15 is 0 Å². The van der Waals surface area contributed by atoms with E-state index in [9.17, 15) is 0 Å². The van der Waals surface area contributed by atoms with E-state index in [1.165, 1.54) is 0 Å². The summed E-state index contributed by atoms with van der Waals surface area (Å²) in [4.78, 5) is 10.4. The van der Waals surface area contributed by atoms with Gasteiger partial charge in [-0.1, -0.05) is 0 Å². The van der Waals surface area contributed by atoms with E-state index in [-0.39, 0.29) is 5.95 Å². The molecule has 2 rings (SSSR count). The third-order valence-electron chi connectivity index (χ3n) is 2.79. The number of aromatic amines is 1. The Labute approximate surface area is 111 Å². The number of anilines is 2. The third-order valence-corrected chi connectivity index (χ3v) is 2.79. The smallest absolute Gasteiger partial charge is 0.224 e. The first-order chi connectivity index (χ1) is 9.20. The average Bonchev–Trinajstić information content (AvgIpc) is 2.84. The van der Waals surface area contributed by atoms with Gasteiger partial charge in [0.2, 0.25) is 5.95 Å². The molecule has 0 atom stereocenters. The zero-order valence-electron chi connectivity index (χ0n) is 11.2. The second kappa shape index (κ2) is 6.30. The molecule has 0 bridgehead atoms. The molecule has 8 nitrogen and oxygen atoms in total. The summed E-state index contributed by atoms with van der Waals surface area (Å²) in [6.45, 7) is 3.26. The number of fused-ring (bicyclic) bond motifs is 1. The Kier molecular flexibility index (Phi) is 4.48. The monoisotopic (exact) mass is 265 g/mol. The van der Waals surface area contributed by atoms with Gasteiger partial charge in [-0.15, -0.1) is 0 Å². The molecule has 104 valence electrons.